The predicted octanol–water partition coefficient (Wildman–Crippen LogP) is 5.06. The molecule has 0 radical (unpaired) electrons. The van der Waals surface area contributed by atoms with Gasteiger partial charge in [0.05, 0.1) is 7.11 Å². The first-order valence-electron chi connectivity index (χ1n) is 12.1. The van der Waals surface area contributed by atoms with E-state index in [-0.39, 0.29) is 17.3 Å². The van der Waals surface area contributed by atoms with Gasteiger partial charge in [-0.3, -0.25) is 14.4 Å². The molecule has 0 aromatic rings. The lowest BCUT2D eigenvalue weighted by Gasteiger charge is -2.55. The molecule has 1 saturated heterocycles. The Morgan fingerprint density at radius 3 is 2.59 bits per heavy atom. The third kappa shape index (κ3) is 2.92. The fourth-order valence-electron chi connectivity index (χ4n) is 7.59. The van der Waals surface area contributed by atoms with Gasteiger partial charge < -0.3 is 9.47 Å². The fourth-order valence-corrected chi connectivity index (χ4v) is 7.59. The second kappa shape index (κ2) is 7.16. The first kappa shape index (κ1) is 21.7. The number of methoxy groups -OCH3 is 1. The van der Waals surface area contributed by atoms with E-state index < -0.39 is 17.4 Å². The van der Waals surface area contributed by atoms with Gasteiger partial charge in [0.1, 0.15) is 11.5 Å². The highest BCUT2D eigenvalue weighted by Crippen LogP contribution is 2.63. The van der Waals surface area contributed by atoms with Gasteiger partial charge in [-0.2, -0.15) is 0 Å². The molecule has 0 amide bonds. The molecule has 3 fully saturated rings. The normalized spacial score (nSPS) is 44.2. The standard InChI is InChI=1S/C27H34O5/c1-25-11-9-16(14-18-15-27(3,23(29)31-4)24(30)32-18)13-17(25)5-6-19-20-7-8-22(28)26(20,2)12-10-21(19)25/h5,13-14,19-21H,6-12,15H2,1-4H3/b18-14+/t19-,20-,21-,25-,26-,27?/m0/s1. The molecule has 2 saturated carbocycles. The SMILES string of the molecule is COC(=O)C1(C)C/C(=C\C2=CC3=CC[C@@H]4[C@H](CC[C@]5(C)C(=O)CC[C@@H]45)[C@@]3(C)CC2)OC1=O. The highest BCUT2D eigenvalue weighted by molar-refractivity contribution is 6.01. The van der Waals surface area contributed by atoms with Crippen LogP contribution in [0.4, 0.5) is 0 Å². The van der Waals surface area contributed by atoms with Gasteiger partial charge in [0.25, 0.3) is 0 Å². The molecule has 1 unspecified atom stereocenters. The van der Waals surface area contributed by atoms with Crippen LogP contribution in [0.5, 0.6) is 0 Å². The Bertz CT molecular complexity index is 986. The zero-order valence-corrected chi connectivity index (χ0v) is 19.7. The van der Waals surface area contributed by atoms with E-state index in [4.69, 9.17) is 9.47 Å². The van der Waals surface area contributed by atoms with Crippen molar-refractivity contribution >= 4 is 17.7 Å². The summed E-state index contributed by atoms with van der Waals surface area (Å²) in [4.78, 5) is 37.0. The monoisotopic (exact) mass is 438 g/mol. The molecule has 172 valence electrons. The second-order valence-electron chi connectivity index (χ2n) is 11.3. The molecule has 5 nitrogen and oxygen atoms in total. The van der Waals surface area contributed by atoms with Crippen LogP contribution in [0.25, 0.3) is 0 Å². The average Bonchev–Trinajstić information content (AvgIpc) is 3.23. The van der Waals surface area contributed by atoms with Crippen molar-refractivity contribution in [3.05, 3.63) is 35.1 Å². The van der Waals surface area contributed by atoms with Crippen molar-refractivity contribution < 1.29 is 23.9 Å². The van der Waals surface area contributed by atoms with E-state index in [1.807, 2.05) is 6.08 Å². The van der Waals surface area contributed by atoms with Crippen LogP contribution in [0.15, 0.2) is 35.1 Å². The van der Waals surface area contributed by atoms with Crippen LogP contribution >= 0.6 is 0 Å². The fraction of sp³-hybridized carbons (Fsp3) is 0.667. The number of allylic oxidation sites excluding steroid dienone is 6. The lowest BCUT2D eigenvalue weighted by atomic mass is 9.48. The third-order valence-corrected chi connectivity index (χ3v) is 9.69. The third-order valence-electron chi connectivity index (χ3n) is 9.69. The van der Waals surface area contributed by atoms with E-state index in [1.165, 1.54) is 12.7 Å². The summed E-state index contributed by atoms with van der Waals surface area (Å²) in [5.74, 6) is 1.72. The highest BCUT2D eigenvalue weighted by atomic mass is 16.6. The van der Waals surface area contributed by atoms with Gasteiger partial charge in [-0.1, -0.05) is 26.0 Å². The van der Waals surface area contributed by atoms with Crippen LogP contribution in [0, 0.1) is 34.0 Å². The second-order valence-corrected chi connectivity index (χ2v) is 11.3. The Kier molecular flexibility index (Phi) is 4.85. The van der Waals surface area contributed by atoms with Crippen molar-refractivity contribution in [1.29, 1.82) is 0 Å². The van der Waals surface area contributed by atoms with Gasteiger partial charge in [-0.15, -0.1) is 0 Å². The van der Waals surface area contributed by atoms with Gasteiger partial charge >= 0.3 is 11.9 Å². The number of ketones is 1. The Labute approximate surface area is 190 Å². The maximum atomic E-state index is 12.6. The van der Waals surface area contributed by atoms with Crippen LogP contribution in [0.1, 0.15) is 72.1 Å². The van der Waals surface area contributed by atoms with E-state index in [9.17, 15) is 14.4 Å². The van der Waals surface area contributed by atoms with E-state index in [0.717, 1.165) is 50.5 Å². The topological polar surface area (TPSA) is 69.7 Å². The molecule has 6 atom stereocenters. The van der Waals surface area contributed by atoms with E-state index in [0.29, 0.717) is 29.3 Å². The number of esters is 2. The Morgan fingerprint density at radius 2 is 1.84 bits per heavy atom. The van der Waals surface area contributed by atoms with Gasteiger partial charge in [-0.25, -0.2) is 0 Å². The Balaban J connectivity index is 1.40. The average molecular weight is 439 g/mol. The summed E-state index contributed by atoms with van der Waals surface area (Å²) in [5, 5.41) is 0. The Morgan fingerprint density at radius 1 is 1.09 bits per heavy atom. The van der Waals surface area contributed by atoms with Crippen molar-refractivity contribution in [1.82, 2.24) is 0 Å². The summed E-state index contributed by atoms with van der Waals surface area (Å²) in [6.07, 6.45) is 13.9. The van der Waals surface area contributed by atoms with Crippen molar-refractivity contribution in [3.8, 4) is 0 Å². The van der Waals surface area contributed by atoms with Gasteiger partial charge in [0, 0.05) is 18.3 Å². The summed E-state index contributed by atoms with van der Waals surface area (Å²) < 4.78 is 10.3. The number of rotatable bonds is 2. The van der Waals surface area contributed by atoms with Crippen LogP contribution in [0.2, 0.25) is 0 Å². The number of Topliss-reactive ketones (excluding diaryl/α,β-unsaturated/α-hetero) is 1. The van der Waals surface area contributed by atoms with Crippen molar-refractivity contribution in [2.75, 3.05) is 7.11 Å². The molecule has 4 aliphatic carbocycles. The number of ether oxygens (including phenoxy) is 2. The van der Waals surface area contributed by atoms with Gasteiger partial charge in [-0.05, 0) is 85.8 Å². The minimum Gasteiger partial charge on any atom is -0.468 e. The van der Waals surface area contributed by atoms with Gasteiger partial charge in [0.2, 0.25) is 0 Å². The van der Waals surface area contributed by atoms with Crippen LogP contribution in [0.3, 0.4) is 0 Å². The molecule has 0 N–H and O–H groups in total. The van der Waals surface area contributed by atoms with Crippen LogP contribution < -0.4 is 0 Å². The largest absolute Gasteiger partial charge is 0.468 e. The maximum absolute atomic E-state index is 12.6. The number of fused-ring (bicyclic) bond motifs is 5. The molecule has 0 aromatic carbocycles. The molecule has 0 bridgehead atoms. The molecular formula is C27H34O5. The van der Waals surface area contributed by atoms with E-state index >= 15 is 0 Å². The van der Waals surface area contributed by atoms with Crippen LogP contribution in [-0.2, 0) is 23.9 Å². The molecule has 1 aliphatic heterocycles. The maximum Gasteiger partial charge on any atom is 0.328 e. The first-order chi connectivity index (χ1) is 15.1. The summed E-state index contributed by atoms with van der Waals surface area (Å²) >= 11 is 0. The van der Waals surface area contributed by atoms with Crippen molar-refractivity contribution in [2.24, 2.45) is 34.0 Å². The summed E-state index contributed by atoms with van der Waals surface area (Å²) in [6.45, 7) is 6.23. The van der Waals surface area contributed by atoms with E-state index in [2.05, 4.69) is 26.0 Å². The molecule has 1 heterocycles. The molecular weight excluding hydrogens is 404 g/mol. The predicted molar refractivity (Wildman–Crippen MR) is 119 cm³/mol. The molecule has 0 spiro atoms. The Hall–Kier alpha value is -2.17. The van der Waals surface area contributed by atoms with Crippen molar-refractivity contribution in [2.45, 2.75) is 72.1 Å². The number of cyclic esters (lactones) is 1. The molecule has 5 aliphatic rings. The lowest BCUT2D eigenvalue weighted by Crippen LogP contribution is -2.49. The zero-order chi connectivity index (χ0) is 22.9. The molecule has 5 rings (SSSR count). The number of hydrogen-bond acceptors (Lipinski definition) is 5. The van der Waals surface area contributed by atoms with Crippen LogP contribution in [-0.4, -0.2) is 24.8 Å². The smallest absolute Gasteiger partial charge is 0.328 e. The minimum absolute atomic E-state index is 0.0956. The number of carbonyl (C=O) groups excluding carboxylic acids is 3. The van der Waals surface area contributed by atoms with E-state index in [1.54, 1.807) is 6.92 Å². The summed E-state index contributed by atoms with van der Waals surface area (Å²) in [5.41, 5.74) is 1.34. The molecule has 5 heteroatoms. The zero-order valence-electron chi connectivity index (χ0n) is 19.7. The highest BCUT2D eigenvalue weighted by Gasteiger charge is 2.58. The quantitative estimate of drug-likeness (QED) is 0.445. The van der Waals surface area contributed by atoms with Gasteiger partial charge in [0.15, 0.2) is 5.41 Å². The van der Waals surface area contributed by atoms with Crippen molar-refractivity contribution in [3.63, 3.8) is 0 Å². The summed E-state index contributed by atoms with van der Waals surface area (Å²) in [6, 6.07) is 0. The minimum atomic E-state index is -1.25. The lowest BCUT2D eigenvalue weighted by molar-refractivity contribution is -0.161. The molecule has 32 heavy (non-hydrogen) atoms. The number of carbonyl (C=O) groups is 3. The first-order valence-corrected chi connectivity index (χ1v) is 12.1. The summed E-state index contributed by atoms with van der Waals surface area (Å²) in [7, 11) is 1.30. The molecule has 0 aromatic heterocycles. The number of hydrogen-bond donors (Lipinski definition) is 0.